The summed E-state index contributed by atoms with van der Waals surface area (Å²) in [4.78, 5) is 94.4. The molecule has 3 aromatic carbocycles. The normalized spacial score (nSPS) is 23.1. The van der Waals surface area contributed by atoms with Gasteiger partial charge >= 0.3 is 30.5 Å². The molecule has 11 atom stereocenters. The number of aliphatic hydroxyl groups excluding tert-OH is 1. The number of carbonyl (C=O) groups excluding carboxylic acids is 1. The average molecular weight is 1330 g/mol. The Bertz CT molecular complexity index is 3990. The number of hydrogen-bond acceptors (Lipinski definition) is 20. The van der Waals surface area contributed by atoms with Crippen molar-refractivity contribution < 1.29 is 55.7 Å². The van der Waals surface area contributed by atoms with Crippen LogP contribution in [0.25, 0.3) is 9.69 Å². The van der Waals surface area contributed by atoms with E-state index in [4.69, 9.17) is 82.5 Å². The third-order valence-electron chi connectivity index (χ3n) is 15.3. The largest absolute Gasteiger partial charge is 0.402 e. The van der Waals surface area contributed by atoms with Crippen molar-refractivity contribution in [2.45, 2.75) is 121 Å². The molecule has 0 spiro atoms. The van der Waals surface area contributed by atoms with Gasteiger partial charge in [-0.2, -0.15) is 4.98 Å². The van der Waals surface area contributed by atoms with Gasteiger partial charge in [0.05, 0.1) is 38.1 Å². The van der Waals surface area contributed by atoms with Gasteiger partial charge in [-0.3, -0.25) is 38.1 Å². The number of anilines is 1. The number of aromatic amines is 2. The molecule has 2 unspecified atom stereocenters. The van der Waals surface area contributed by atoms with Gasteiger partial charge in [-0.05, 0) is 71.9 Å². The standard InChI is InChI=1S/C59H69N9O17P2S2Si/c1-37-31-66(56(73)63-52(37)62-55(72)40-18-12-9-13-19-40)51-30-45(85-90(59(4,5)6,41-20-14-10-15-21-41)42-22-16-11-17-23-42)48(82-51)36-79-87(89,77-27-25-61-8)84-44-29-50(68-33-39(3)54(71)65-58(68)75)81-47(44)35-78-86(88,76-26-24-60-7)83-43-28-49(80-46(43)34-69)67-32-38(2)53(70)64-57(67)74/h9-23,31-33,43-51,69H,24-30,34-36H2,1-6H3,(H,64,70,74)(H,65,71,75)(H,62,63,72,73)/t43-,44-,45-,46-,47-,48-,49-,50-,51-,86?,87?/m1/s1. The fourth-order valence-corrected chi connectivity index (χ4v) is 19.8. The Labute approximate surface area is 528 Å². The molecule has 6 aromatic rings. The zero-order valence-electron chi connectivity index (χ0n) is 50.0. The molecule has 0 aliphatic carbocycles. The number of carbonyl (C=O) groups is 1. The number of ether oxygens (including phenoxy) is 3. The molecule has 3 aliphatic rings. The van der Waals surface area contributed by atoms with E-state index >= 15 is 0 Å². The van der Waals surface area contributed by atoms with Gasteiger partial charge in [-0.15, -0.1) is 0 Å². The summed E-state index contributed by atoms with van der Waals surface area (Å²) in [6, 6.07) is 28.3. The molecule has 478 valence electrons. The molecular weight excluding hydrogens is 1260 g/mol. The van der Waals surface area contributed by atoms with Crippen molar-refractivity contribution in [2.75, 3.05) is 51.4 Å². The van der Waals surface area contributed by atoms with E-state index in [9.17, 15) is 33.9 Å². The van der Waals surface area contributed by atoms with Gasteiger partial charge in [0.25, 0.3) is 25.3 Å². The Balaban J connectivity index is 1.04. The lowest BCUT2D eigenvalue weighted by Crippen LogP contribution is -2.68. The number of nitrogens with zero attached hydrogens (tertiary/aromatic N) is 6. The second-order valence-corrected chi connectivity index (χ2v) is 32.7. The summed E-state index contributed by atoms with van der Waals surface area (Å²) in [6.45, 7) is 15.7. The molecule has 3 saturated heterocycles. The highest BCUT2D eigenvalue weighted by Gasteiger charge is 2.55. The van der Waals surface area contributed by atoms with Gasteiger partial charge in [-0.1, -0.05) is 99.6 Å². The quantitative estimate of drug-likeness (QED) is 0.0227. The highest BCUT2D eigenvalue weighted by molar-refractivity contribution is 8.07. The number of rotatable bonds is 26. The summed E-state index contributed by atoms with van der Waals surface area (Å²) in [5.41, 5.74) is -2.28. The van der Waals surface area contributed by atoms with Gasteiger partial charge < -0.3 is 65.9 Å². The monoisotopic (exact) mass is 1330 g/mol. The van der Waals surface area contributed by atoms with Crippen molar-refractivity contribution in [1.82, 2.24) is 28.7 Å². The minimum atomic E-state index is -4.13. The lowest BCUT2D eigenvalue weighted by Gasteiger charge is -2.45. The van der Waals surface area contributed by atoms with Crippen molar-refractivity contribution in [2.24, 2.45) is 0 Å². The molecule has 0 radical (unpaired) electrons. The predicted molar refractivity (Wildman–Crippen MR) is 340 cm³/mol. The van der Waals surface area contributed by atoms with Crippen molar-refractivity contribution in [3.63, 3.8) is 0 Å². The first-order valence-electron chi connectivity index (χ1n) is 28.8. The fourth-order valence-electron chi connectivity index (χ4n) is 10.9. The first-order chi connectivity index (χ1) is 43.0. The number of aromatic nitrogens is 6. The Hall–Kier alpha value is -6.57. The third-order valence-corrected chi connectivity index (χ3v) is 25.1. The number of H-pyrrole nitrogens is 2. The SMILES string of the molecule is [C-]#[N+]CCOP(=S)(OC[C@H]1O[C@@H](n2cc(C)c(=O)[nH]c2=O)C[C@H]1OP(=S)(OCC[N+]#[C-])OC[C@H]1O[C@@H](n2cc(C)c(NC(=O)c3ccccc3)nc2=O)C[C@H]1O[Si](c1ccccc1)(c1ccccc1)C(C)(C)C)O[C@@H]1C[C@H](n2cc(C)c(=O)[nH]c2=O)O[C@@H]1CO. The van der Waals surface area contributed by atoms with Crippen LogP contribution in [0.1, 0.15) is 85.8 Å². The van der Waals surface area contributed by atoms with Crippen LogP contribution in [-0.2, 0) is 69.4 Å². The van der Waals surface area contributed by atoms with Crippen LogP contribution in [0.5, 0.6) is 0 Å². The van der Waals surface area contributed by atoms with Gasteiger partial charge in [0.15, 0.2) is 0 Å². The van der Waals surface area contributed by atoms with Crippen molar-refractivity contribution in [1.29, 1.82) is 0 Å². The zero-order valence-corrected chi connectivity index (χ0v) is 54.5. The number of amides is 1. The molecular formula is C59H69N9O17P2S2Si. The smallest absolute Gasteiger partial charge is 0.351 e. The first kappa shape index (κ1) is 67.8. The topological polar surface area (TPSA) is 295 Å². The Morgan fingerprint density at radius 3 is 1.54 bits per heavy atom. The second kappa shape index (κ2) is 29.4. The van der Waals surface area contributed by atoms with Gasteiger partial charge in [0.1, 0.15) is 56.0 Å². The summed E-state index contributed by atoms with van der Waals surface area (Å²) in [5, 5.41) is 14.6. The molecule has 3 fully saturated rings. The minimum absolute atomic E-state index is 0.0607. The number of benzene rings is 3. The number of hydrogen-bond donors (Lipinski definition) is 4. The molecule has 90 heavy (non-hydrogen) atoms. The Morgan fingerprint density at radius 2 is 1.08 bits per heavy atom. The van der Waals surface area contributed by atoms with E-state index in [0.29, 0.717) is 11.1 Å². The molecule has 31 heteroatoms. The highest BCUT2D eigenvalue weighted by Crippen LogP contribution is 2.57. The van der Waals surface area contributed by atoms with E-state index in [1.165, 1.54) is 35.4 Å². The van der Waals surface area contributed by atoms with Crippen LogP contribution in [0.3, 0.4) is 0 Å². The van der Waals surface area contributed by atoms with E-state index < -0.39 is 129 Å². The summed E-state index contributed by atoms with van der Waals surface area (Å²) >= 11 is 12.2. The molecule has 0 saturated carbocycles. The predicted octanol–water partition coefficient (Wildman–Crippen LogP) is 5.45. The zero-order chi connectivity index (χ0) is 64.5. The minimum Gasteiger partial charge on any atom is -0.402 e. The first-order valence-corrected chi connectivity index (χ1v) is 35.8. The lowest BCUT2D eigenvalue weighted by atomic mass is 10.2. The maximum atomic E-state index is 14.2. The fraction of sp³-hybridized carbons (Fsp3) is 0.441. The molecule has 1 amide bonds. The Morgan fingerprint density at radius 1 is 0.656 bits per heavy atom. The molecule has 3 aliphatic heterocycles. The molecule has 3 aromatic heterocycles. The van der Waals surface area contributed by atoms with Crippen LogP contribution in [0.4, 0.5) is 5.82 Å². The van der Waals surface area contributed by atoms with Gasteiger partial charge in [0.2, 0.25) is 13.1 Å². The molecule has 4 N–H and O–H groups in total. The molecule has 9 rings (SSSR count). The van der Waals surface area contributed by atoms with E-state index in [-0.39, 0.29) is 69.1 Å². The highest BCUT2D eigenvalue weighted by atomic mass is 32.5. The number of aryl methyl sites for hydroxylation is 3. The number of aliphatic hydroxyl groups is 1. The summed E-state index contributed by atoms with van der Waals surface area (Å²) in [6.07, 6.45) is -5.53. The van der Waals surface area contributed by atoms with Crippen molar-refractivity contribution in [3.8, 4) is 0 Å². The van der Waals surface area contributed by atoms with Crippen molar-refractivity contribution in [3.05, 3.63) is 207 Å². The molecule has 26 nitrogen and oxygen atoms in total. The maximum absolute atomic E-state index is 14.2. The summed E-state index contributed by atoms with van der Waals surface area (Å²) in [5.74, 6) is -0.398. The molecule has 0 bridgehead atoms. The molecule has 6 heterocycles. The summed E-state index contributed by atoms with van der Waals surface area (Å²) in [7, 11) is -3.41. The maximum Gasteiger partial charge on any atom is 0.351 e. The van der Waals surface area contributed by atoms with Crippen LogP contribution in [0, 0.1) is 33.9 Å². The van der Waals surface area contributed by atoms with Crippen LogP contribution in [0.2, 0.25) is 5.04 Å². The van der Waals surface area contributed by atoms with E-state index in [1.54, 1.807) is 43.5 Å². The van der Waals surface area contributed by atoms with E-state index in [1.807, 2.05) is 60.7 Å². The number of nitrogens with one attached hydrogen (secondary N) is 3. The van der Waals surface area contributed by atoms with Crippen molar-refractivity contribution >= 4 is 67.5 Å². The van der Waals surface area contributed by atoms with Crippen LogP contribution in [-0.4, -0.2) is 131 Å². The Kier molecular flexibility index (Phi) is 22.1. The lowest BCUT2D eigenvalue weighted by molar-refractivity contribution is -0.0574. The van der Waals surface area contributed by atoms with E-state index in [0.717, 1.165) is 14.9 Å². The third kappa shape index (κ3) is 15.7. The van der Waals surface area contributed by atoms with Crippen LogP contribution < -0.4 is 43.9 Å². The van der Waals surface area contributed by atoms with E-state index in [2.05, 4.69) is 50.7 Å². The van der Waals surface area contributed by atoms with Gasteiger partial charge in [-0.25, -0.2) is 27.5 Å². The second-order valence-electron chi connectivity index (χ2n) is 22.5. The average Bonchev–Trinajstić information content (AvgIpc) is 0.983. The van der Waals surface area contributed by atoms with Crippen LogP contribution in [0.15, 0.2) is 134 Å². The summed E-state index contributed by atoms with van der Waals surface area (Å²) < 4.78 is 69.4. The van der Waals surface area contributed by atoms with Crippen LogP contribution >= 0.6 is 13.4 Å². The van der Waals surface area contributed by atoms with Gasteiger partial charge in [0, 0.05) is 60.1 Å².